The van der Waals surface area contributed by atoms with Crippen LogP contribution in [0.3, 0.4) is 0 Å². The molecule has 0 saturated carbocycles. The Bertz CT molecular complexity index is 3260. The first-order valence-corrected chi connectivity index (χ1v) is 19.7. The topological polar surface area (TPSA) is 3.24 Å². The van der Waals surface area contributed by atoms with E-state index in [4.69, 9.17) is 0 Å². The van der Waals surface area contributed by atoms with Gasteiger partial charge in [0.15, 0.2) is 0 Å². The summed E-state index contributed by atoms with van der Waals surface area (Å²) in [6.45, 7) is 0. The van der Waals surface area contributed by atoms with Crippen molar-refractivity contribution in [3.05, 3.63) is 224 Å². The average Bonchev–Trinajstić information content (AvgIpc) is 3.30. The Morgan fingerprint density at radius 3 is 1.42 bits per heavy atom. The van der Waals surface area contributed by atoms with E-state index in [1.165, 1.54) is 87.2 Å². The molecular weight excluding hydrogens is 687 g/mol. The van der Waals surface area contributed by atoms with Crippen LogP contribution in [0.5, 0.6) is 0 Å². The molecular formula is C56H37N. The van der Waals surface area contributed by atoms with Crippen LogP contribution in [0.25, 0.3) is 87.2 Å². The summed E-state index contributed by atoms with van der Waals surface area (Å²) in [6.07, 6.45) is 0. The third-order valence-electron chi connectivity index (χ3n) is 11.6. The van der Waals surface area contributed by atoms with Gasteiger partial charge in [-0.15, -0.1) is 0 Å². The zero-order valence-corrected chi connectivity index (χ0v) is 31.3. The van der Waals surface area contributed by atoms with Crippen LogP contribution >= 0.6 is 0 Å². The van der Waals surface area contributed by atoms with Crippen LogP contribution in [0.1, 0.15) is 0 Å². The van der Waals surface area contributed by atoms with Crippen LogP contribution in [-0.2, 0) is 0 Å². The van der Waals surface area contributed by atoms with Gasteiger partial charge in [-0.3, -0.25) is 0 Å². The second kappa shape index (κ2) is 13.7. The highest BCUT2D eigenvalue weighted by molar-refractivity contribution is 6.33. The third-order valence-corrected chi connectivity index (χ3v) is 11.6. The van der Waals surface area contributed by atoms with Gasteiger partial charge in [-0.1, -0.05) is 188 Å². The monoisotopic (exact) mass is 723 g/mol. The average molecular weight is 724 g/mol. The summed E-state index contributed by atoms with van der Waals surface area (Å²) in [5, 5.41) is 12.4. The van der Waals surface area contributed by atoms with Crippen molar-refractivity contribution < 1.29 is 0 Å². The Morgan fingerprint density at radius 1 is 0.263 bits per heavy atom. The van der Waals surface area contributed by atoms with E-state index in [0.29, 0.717) is 0 Å². The van der Waals surface area contributed by atoms with Crippen molar-refractivity contribution in [2.24, 2.45) is 0 Å². The molecule has 0 unspecified atom stereocenters. The molecule has 0 amide bonds. The third kappa shape index (κ3) is 5.47. The van der Waals surface area contributed by atoms with Gasteiger partial charge in [0.1, 0.15) is 0 Å². The van der Waals surface area contributed by atoms with Crippen molar-refractivity contribution in [3.63, 3.8) is 0 Å². The lowest BCUT2D eigenvalue weighted by atomic mass is 9.81. The summed E-state index contributed by atoms with van der Waals surface area (Å²) in [7, 11) is 0. The number of hydrogen-bond acceptors (Lipinski definition) is 1. The Hall–Kier alpha value is -7.48. The second-order valence-electron chi connectivity index (χ2n) is 14.8. The molecule has 0 radical (unpaired) electrons. The zero-order valence-electron chi connectivity index (χ0n) is 31.3. The minimum Gasteiger partial charge on any atom is -0.310 e. The molecule has 11 rings (SSSR count). The van der Waals surface area contributed by atoms with Crippen LogP contribution < -0.4 is 4.90 Å². The molecule has 1 heteroatoms. The van der Waals surface area contributed by atoms with Gasteiger partial charge >= 0.3 is 0 Å². The molecule has 1 nitrogen and oxygen atoms in total. The van der Waals surface area contributed by atoms with E-state index in [9.17, 15) is 0 Å². The molecule has 0 heterocycles. The molecule has 0 spiro atoms. The standard InChI is InChI=1S/C56H37N/c1-5-19-38(20-6-1)50-37-51(39-21-7-2-8-22-39)55-48-32-18-16-30-46(48)52-36-43(33-34-49(52)56(55)54(50)40-23-9-3-10-24-40)57(42-26-11-4-12-27-42)53-35-41-25-13-14-28-44(41)45-29-15-17-31-47(45)53/h1-37H. The van der Waals surface area contributed by atoms with Gasteiger partial charge in [0, 0.05) is 16.8 Å². The number of anilines is 3. The number of para-hydroxylation sites is 1. The van der Waals surface area contributed by atoms with Crippen molar-refractivity contribution in [3.8, 4) is 33.4 Å². The number of fused-ring (bicyclic) bond motifs is 9. The Balaban J connectivity index is 1.30. The Labute approximate surface area is 332 Å². The molecule has 0 aromatic heterocycles. The molecule has 0 N–H and O–H groups in total. The summed E-state index contributed by atoms with van der Waals surface area (Å²) in [6, 6.07) is 82.1. The second-order valence-corrected chi connectivity index (χ2v) is 14.8. The molecule has 0 atom stereocenters. The quantitative estimate of drug-likeness (QED) is 0.154. The van der Waals surface area contributed by atoms with E-state index < -0.39 is 0 Å². The van der Waals surface area contributed by atoms with Crippen molar-refractivity contribution in [1.82, 2.24) is 0 Å². The van der Waals surface area contributed by atoms with Crippen molar-refractivity contribution in [2.75, 3.05) is 4.90 Å². The van der Waals surface area contributed by atoms with E-state index in [-0.39, 0.29) is 0 Å². The lowest BCUT2D eigenvalue weighted by Crippen LogP contribution is -2.10. The molecule has 0 bridgehead atoms. The first kappa shape index (κ1) is 32.9. The van der Waals surface area contributed by atoms with Gasteiger partial charge in [-0.2, -0.15) is 0 Å². The van der Waals surface area contributed by atoms with Gasteiger partial charge in [-0.25, -0.2) is 0 Å². The molecule has 0 aliphatic rings. The predicted molar refractivity (Wildman–Crippen MR) is 245 cm³/mol. The minimum atomic E-state index is 1.11. The number of rotatable bonds is 6. The van der Waals surface area contributed by atoms with E-state index >= 15 is 0 Å². The first-order chi connectivity index (χ1) is 28.3. The normalized spacial score (nSPS) is 11.5. The van der Waals surface area contributed by atoms with Crippen LogP contribution in [0, 0.1) is 0 Å². The lowest BCUT2D eigenvalue weighted by Gasteiger charge is -2.28. The largest absolute Gasteiger partial charge is 0.310 e. The maximum absolute atomic E-state index is 2.45. The molecule has 11 aromatic carbocycles. The molecule has 0 aliphatic carbocycles. The summed E-state index contributed by atoms with van der Waals surface area (Å²) in [5.41, 5.74) is 10.7. The van der Waals surface area contributed by atoms with E-state index in [0.717, 1.165) is 17.1 Å². The molecule has 0 fully saturated rings. The summed E-state index contributed by atoms with van der Waals surface area (Å²) < 4.78 is 0. The van der Waals surface area contributed by atoms with Crippen LogP contribution in [-0.4, -0.2) is 0 Å². The predicted octanol–water partition coefficient (Wildman–Crippen LogP) is 15.9. The van der Waals surface area contributed by atoms with Gasteiger partial charge in [0.05, 0.1) is 5.69 Å². The van der Waals surface area contributed by atoms with Crippen molar-refractivity contribution in [1.29, 1.82) is 0 Å². The Kier molecular flexibility index (Phi) is 7.89. The lowest BCUT2D eigenvalue weighted by molar-refractivity contribution is 1.31. The van der Waals surface area contributed by atoms with E-state index in [1.807, 2.05) is 0 Å². The summed E-state index contributed by atoms with van der Waals surface area (Å²) >= 11 is 0. The van der Waals surface area contributed by atoms with Gasteiger partial charge in [0.25, 0.3) is 0 Å². The molecule has 57 heavy (non-hydrogen) atoms. The highest BCUT2D eigenvalue weighted by atomic mass is 15.1. The van der Waals surface area contributed by atoms with E-state index in [2.05, 4.69) is 229 Å². The number of nitrogens with zero attached hydrogens (tertiary/aromatic N) is 1. The van der Waals surface area contributed by atoms with Gasteiger partial charge in [-0.05, 0) is 118 Å². The van der Waals surface area contributed by atoms with Crippen LogP contribution in [0.4, 0.5) is 17.1 Å². The van der Waals surface area contributed by atoms with E-state index in [1.54, 1.807) is 0 Å². The van der Waals surface area contributed by atoms with Gasteiger partial charge in [0.2, 0.25) is 0 Å². The van der Waals surface area contributed by atoms with Crippen molar-refractivity contribution >= 4 is 70.9 Å². The smallest absolute Gasteiger partial charge is 0.0546 e. The van der Waals surface area contributed by atoms with Crippen LogP contribution in [0.2, 0.25) is 0 Å². The van der Waals surface area contributed by atoms with Crippen molar-refractivity contribution in [2.45, 2.75) is 0 Å². The van der Waals surface area contributed by atoms with Crippen LogP contribution in [0.15, 0.2) is 224 Å². The summed E-state index contributed by atoms with van der Waals surface area (Å²) in [4.78, 5) is 2.45. The maximum Gasteiger partial charge on any atom is 0.0546 e. The fraction of sp³-hybridized carbons (Fsp3) is 0. The SMILES string of the molecule is c1ccc(-c2cc(-c3ccccc3)c3c4ccccc4c4cc(N(c5ccccc5)c5cc6ccccc6c6ccccc56)ccc4c3c2-c2ccccc2)cc1. The zero-order chi connectivity index (χ0) is 37.7. The molecule has 0 saturated heterocycles. The summed E-state index contributed by atoms with van der Waals surface area (Å²) in [5.74, 6) is 0. The fourth-order valence-electron chi connectivity index (χ4n) is 9.10. The fourth-order valence-corrected chi connectivity index (χ4v) is 9.10. The number of hydrogen-bond donors (Lipinski definition) is 0. The Morgan fingerprint density at radius 2 is 0.754 bits per heavy atom. The first-order valence-electron chi connectivity index (χ1n) is 19.7. The maximum atomic E-state index is 2.45. The molecule has 0 aliphatic heterocycles. The van der Waals surface area contributed by atoms with Gasteiger partial charge < -0.3 is 4.90 Å². The number of benzene rings is 11. The molecule has 11 aromatic rings. The minimum absolute atomic E-state index is 1.11. The molecule has 266 valence electrons. The highest BCUT2D eigenvalue weighted by Crippen LogP contribution is 2.50. The highest BCUT2D eigenvalue weighted by Gasteiger charge is 2.23.